The predicted octanol–water partition coefficient (Wildman–Crippen LogP) is 1.31. The van der Waals surface area contributed by atoms with Gasteiger partial charge in [-0.25, -0.2) is 0 Å². The molecule has 0 radical (unpaired) electrons. The number of hydrogen-bond acceptors (Lipinski definition) is 9. The molecule has 9 nitrogen and oxygen atoms in total. The van der Waals surface area contributed by atoms with Crippen LogP contribution < -0.4 is 0 Å². The number of alkyl halides is 3. The van der Waals surface area contributed by atoms with Crippen LogP contribution in [0.15, 0.2) is 53.7 Å². The van der Waals surface area contributed by atoms with Crippen molar-refractivity contribution < 1.29 is 47.9 Å². The normalized spacial score (nSPS) is 25.2. The zero-order chi connectivity index (χ0) is 25.6. The Morgan fingerprint density at radius 2 is 1.80 bits per heavy atom. The Hall–Kier alpha value is -3.05. The van der Waals surface area contributed by atoms with Gasteiger partial charge in [-0.2, -0.15) is 18.4 Å². The Labute approximate surface area is 198 Å². The average molecular weight is 496 g/mol. The van der Waals surface area contributed by atoms with Crippen molar-refractivity contribution in [1.29, 1.82) is 5.26 Å². The Morgan fingerprint density at radius 1 is 1.06 bits per heavy atom. The number of nitrogens with zero attached hydrogens (tertiary/aromatic N) is 2. The summed E-state index contributed by atoms with van der Waals surface area (Å²) in [4.78, 5) is 5.29. The van der Waals surface area contributed by atoms with E-state index in [4.69, 9.17) is 14.3 Å². The van der Waals surface area contributed by atoms with Crippen LogP contribution in [0.3, 0.4) is 0 Å². The largest absolute Gasteiger partial charge is 0.416 e. The molecule has 3 rings (SSSR count). The second kappa shape index (κ2) is 11.6. The smallest absolute Gasteiger partial charge is 0.394 e. The fourth-order valence-electron chi connectivity index (χ4n) is 3.34. The number of hydrogen-bond donors (Lipinski definition) is 4. The van der Waals surface area contributed by atoms with Crippen molar-refractivity contribution >= 4 is 5.71 Å². The van der Waals surface area contributed by atoms with E-state index in [0.717, 1.165) is 12.1 Å². The van der Waals surface area contributed by atoms with Crippen LogP contribution in [-0.2, 0) is 27.1 Å². The lowest BCUT2D eigenvalue weighted by Crippen LogP contribution is -2.59. The number of nitriles is 1. The summed E-state index contributed by atoms with van der Waals surface area (Å²) in [7, 11) is 0. The van der Waals surface area contributed by atoms with Crippen LogP contribution in [0.25, 0.3) is 0 Å². The van der Waals surface area contributed by atoms with Gasteiger partial charge < -0.3 is 34.7 Å². The number of ether oxygens (including phenoxy) is 2. The number of rotatable bonds is 8. The van der Waals surface area contributed by atoms with E-state index < -0.39 is 55.7 Å². The first kappa shape index (κ1) is 26.6. The highest BCUT2D eigenvalue weighted by Gasteiger charge is 2.44. The maximum atomic E-state index is 13.2. The van der Waals surface area contributed by atoms with Gasteiger partial charge in [0, 0.05) is 11.1 Å². The highest BCUT2D eigenvalue weighted by Crippen LogP contribution is 2.30. The standard InChI is InChI=1S/C23H23F3N2O7/c24-23(25,26)16-7-3-6-13(8-16)17(28-34-11-15-5-2-1-4-14(15)9-27)12-33-22-21(32)20(31)19(30)18(10-29)35-22/h1-8,18-22,29-32H,10-12H2/b28-17-/t18-,19-,20+,21-,22-/m1/s1. The van der Waals surface area contributed by atoms with E-state index in [2.05, 4.69) is 5.16 Å². The second-order valence-corrected chi connectivity index (χ2v) is 7.67. The molecule has 2 aromatic rings. The summed E-state index contributed by atoms with van der Waals surface area (Å²) < 4.78 is 50.3. The van der Waals surface area contributed by atoms with Gasteiger partial charge in [0.2, 0.25) is 0 Å². The number of halogens is 3. The van der Waals surface area contributed by atoms with Crippen LogP contribution in [0.2, 0.25) is 0 Å². The van der Waals surface area contributed by atoms with Crippen LogP contribution in [0.4, 0.5) is 13.2 Å². The molecule has 0 aliphatic carbocycles. The summed E-state index contributed by atoms with van der Waals surface area (Å²) >= 11 is 0. The minimum atomic E-state index is -4.62. The van der Waals surface area contributed by atoms with Gasteiger partial charge in [-0.15, -0.1) is 0 Å². The van der Waals surface area contributed by atoms with Gasteiger partial charge in [-0.1, -0.05) is 35.5 Å². The van der Waals surface area contributed by atoms with Crippen LogP contribution in [-0.4, -0.2) is 70.1 Å². The zero-order valence-corrected chi connectivity index (χ0v) is 18.2. The minimum absolute atomic E-state index is 0.00187. The van der Waals surface area contributed by atoms with Gasteiger partial charge in [0.1, 0.15) is 36.7 Å². The lowest BCUT2D eigenvalue weighted by Gasteiger charge is -2.39. The van der Waals surface area contributed by atoms with Crippen molar-refractivity contribution in [3.8, 4) is 6.07 Å². The average Bonchev–Trinajstić information content (AvgIpc) is 2.85. The monoisotopic (exact) mass is 496 g/mol. The third kappa shape index (κ3) is 6.55. The number of aliphatic hydroxyl groups excluding tert-OH is 4. The molecular formula is C23H23F3N2O7. The summed E-state index contributed by atoms with van der Waals surface area (Å²) in [5, 5.41) is 52.3. The SMILES string of the molecule is N#Cc1ccccc1CO/N=C(/CO[C@@H]1O[C@H](CO)[C@@H](O)[C@H](O)[C@H]1O)c1cccc(C(F)(F)F)c1. The highest BCUT2D eigenvalue weighted by molar-refractivity contribution is 6.01. The molecule has 0 unspecified atom stereocenters. The number of benzene rings is 2. The summed E-state index contributed by atoms with van der Waals surface area (Å²) in [6.07, 6.45) is -12.4. The molecule has 35 heavy (non-hydrogen) atoms. The molecule has 1 aliphatic rings. The van der Waals surface area contributed by atoms with Crippen molar-refractivity contribution in [1.82, 2.24) is 0 Å². The van der Waals surface area contributed by atoms with Gasteiger partial charge in [0.15, 0.2) is 6.29 Å². The second-order valence-electron chi connectivity index (χ2n) is 7.67. The molecule has 188 valence electrons. The molecule has 1 aliphatic heterocycles. The Balaban J connectivity index is 1.83. The number of oxime groups is 1. The Bertz CT molecular complexity index is 1070. The van der Waals surface area contributed by atoms with Crippen molar-refractivity contribution in [2.75, 3.05) is 13.2 Å². The van der Waals surface area contributed by atoms with E-state index in [1.807, 2.05) is 6.07 Å². The first-order valence-corrected chi connectivity index (χ1v) is 10.4. The lowest BCUT2D eigenvalue weighted by molar-refractivity contribution is -0.297. The summed E-state index contributed by atoms with van der Waals surface area (Å²) in [6.45, 7) is -1.36. The molecule has 0 aromatic heterocycles. The maximum Gasteiger partial charge on any atom is 0.416 e. The summed E-state index contributed by atoms with van der Waals surface area (Å²) in [5.41, 5.74) is -0.219. The zero-order valence-electron chi connectivity index (χ0n) is 18.2. The molecule has 0 spiro atoms. The molecule has 4 N–H and O–H groups in total. The van der Waals surface area contributed by atoms with Gasteiger partial charge in [-0.05, 0) is 18.2 Å². The first-order valence-electron chi connectivity index (χ1n) is 10.4. The van der Waals surface area contributed by atoms with Gasteiger partial charge in [-0.3, -0.25) is 0 Å². The molecular weight excluding hydrogens is 473 g/mol. The fourth-order valence-corrected chi connectivity index (χ4v) is 3.34. The molecule has 5 atom stereocenters. The quantitative estimate of drug-likeness (QED) is 0.316. The lowest BCUT2D eigenvalue weighted by atomic mass is 9.99. The van der Waals surface area contributed by atoms with E-state index in [-0.39, 0.29) is 17.9 Å². The van der Waals surface area contributed by atoms with Crippen molar-refractivity contribution in [2.24, 2.45) is 5.16 Å². The maximum absolute atomic E-state index is 13.2. The van der Waals surface area contributed by atoms with Crippen molar-refractivity contribution in [2.45, 2.75) is 43.5 Å². The molecule has 1 fully saturated rings. The molecule has 1 heterocycles. The van der Waals surface area contributed by atoms with E-state index in [1.54, 1.807) is 24.3 Å². The molecule has 0 saturated carbocycles. The van der Waals surface area contributed by atoms with Crippen LogP contribution in [0, 0.1) is 11.3 Å². The Kier molecular flexibility index (Phi) is 8.79. The molecule has 0 amide bonds. The van der Waals surface area contributed by atoms with E-state index in [0.29, 0.717) is 11.1 Å². The van der Waals surface area contributed by atoms with Crippen LogP contribution in [0.1, 0.15) is 22.3 Å². The van der Waals surface area contributed by atoms with Crippen molar-refractivity contribution in [3.05, 3.63) is 70.8 Å². The number of aliphatic hydroxyl groups is 4. The van der Waals surface area contributed by atoms with Gasteiger partial charge >= 0.3 is 6.18 Å². The van der Waals surface area contributed by atoms with E-state index >= 15 is 0 Å². The third-order valence-electron chi connectivity index (χ3n) is 5.29. The van der Waals surface area contributed by atoms with Crippen LogP contribution in [0.5, 0.6) is 0 Å². The van der Waals surface area contributed by atoms with E-state index in [1.165, 1.54) is 12.1 Å². The first-order chi connectivity index (χ1) is 16.7. The highest BCUT2D eigenvalue weighted by atomic mass is 19.4. The van der Waals surface area contributed by atoms with Gasteiger partial charge in [0.25, 0.3) is 0 Å². The summed E-state index contributed by atoms with van der Waals surface area (Å²) in [6, 6.07) is 12.8. The van der Waals surface area contributed by atoms with Crippen LogP contribution >= 0.6 is 0 Å². The fraction of sp³-hybridized carbons (Fsp3) is 0.391. The molecule has 2 aromatic carbocycles. The summed E-state index contributed by atoms with van der Waals surface area (Å²) in [5.74, 6) is 0. The topological polar surface area (TPSA) is 145 Å². The molecule has 1 saturated heterocycles. The predicted molar refractivity (Wildman–Crippen MR) is 114 cm³/mol. The molecule has 0 bridgehead atoms. The Morgan fingerprint density at radius 3 is 2.49 bits per heavy atom. The van der Waals surface area contributed by atoms with Crippen molar-refractivity contribution in [3.63, 3.8) is 0 Å². The molecule has 12 heteroatoms. The van der Waals surface area contributed by atoms with Gasteiger partial charge in [0.05, 0.1) is 30.4 Å². The van der Waals surface area contributed by atoms with E-state index in [9.17, 15) is 38.9 Å². The minimum Gasteiger partial charge on any atom is -0.394 e. The third-order valence-corrected chi connectivity index (χ3v) is 5.29.